The Morgan fingerprint density at radius 1 is 1.13 bits per heavy atom. The van der Waals surface area contributed by atoms with Crippen LogP contribution in [-0.2, 0) is 10.0 Å². The van der Waals surface area contributed by atoms with Gasteiger partial charge in [-0.3, -0.25) is 15.5 Å². The number of nitro benzene ring substituents is 1. The highest BCUT2D eigenvalue weighted by Crippen LogP contribution is 2.30. The zero-order valence-electron chi connectivity index (χ0n) is 18.1. The van der Waals surface area contributed by atoms with Crippen LogP contribution in [0.25, 0.3) is 0 Å². The first-order chi connectivity index (χ1) is 14.7. The Labute approximate surface area is 181 Å². The molecule has 10 nitrogen and oxygen atoms in total. The van der Waals surface area contributed by atoms with Crippen molar-refractivity contribution in [1.82, 2.24) is 4.31 Å². The van der Waals surface area contributed by atoms with Gasteiger partial charge in [-0.05, 0) is 37.3 Å². The minimum Gasteiger partial charge on any atom is -0.497 e. The van der Waals surface area contributed by atoms with Crippen molar-refractivity contribution in [3.63, 3.8) is 0 Å². The lowest BCUT2D eigenvalue weighted by molar-refractivity contribution is -0.384. The van der Waals surface area contributed by atoms with Crippen LogP contribution in [0.15, 0.2) is 46.4 Å². The van der Waals surface area contributed by atoms with Gasteiger partial charge >= 0.3 is 0 Å². The Balaban J connectivity index is 2.43. The first kappa shape index (κ1) is 24.1. The number of hydrazone groups is 1. The van der Waals surface area contributed by atoms with Crippen molar-refractivity contribution in [3.8, 4) is 11.5 Å². The molecule has 0 amide bonds. The normalized spacial score (nSPS) is 12.0. The monoisotopic (exact) mass is 450 g/mol. The Hall–Kier alpha value is -3.18. The van der Waals surface area contributed by atoms with Gasteiger partial charge < -0.3 is 9.47 Å². The maximum Gasteiger partial charge on any atom is 0.295 e. The minimum absolute atomic E-state index is 0.0599. The third kappa shape index (κ3) is 5.30. The fourth-order valence-electron chi connectivity index (χ4n) is 2.93. The zero-order chi connectivity index (χ0) is 23.2. The van der Waals surface area contributed by atoms with Crippen molar-refractivity contribution >= 4 is 27.1 Å². The lowest BCUT2D eigenvalue weighted by atomic mass is 10.1. The summed E-state index contributed by atoms with van der Waals surface area (Å²) in [5.74, 6) is 1.15. The summed E-state index contributed by atoms with van der Waals surface area (Å²) in [5, 5.41) is 15.8. The molecule has 0 aliphatic carbocycles. The molecule has 0 unspecified atom stereocenters. The number of sulfonamides is 1. The maximum absolute atomic E-state index is 12.7. The lowest BCUT2D eigenvalue weighted by Gasteiger charge is -2.18. The molecule has 0 aliphatic rings. The summed E-state index contributed by atoms with van der Waals surface area (Å²) in [7, 11) is -0.775. The van der Waals surface area contributed by atoms with Crippen molar-refractivity contribution in [1.29, 1.82) is 0 Å². The quantitative estimate of drug-likeness (QED) is 0.334. The van der Waals surface area contributed by atoms with Crippen molar-refractivity contribution in [2.24, 2.45) is 5.10 Å². The summed E-state index contributed by atoms with van der Waals surface area (Å²) >= 11 is 0. The zero-order valence-corrected chi connectivity index (χ0v) is 18.9. The molecule has 2 aromatic rings. The van der Waals surface area contributed by atoms with E-state index in [2.05, 4.69) is 10.5 Å². The number of hydrogen-bond acceptors (Lipinski definition) is 8. The van der Waals surface area contributed by atoms with Gasteiger partial charge in [-0.1, -0.05) is 13.8 Å². The fraction of sp³-hybridized carbons (Fsp3) is 0.350. The smallest absolute Gasteiger partial charge is 0.295 e. The molecule has 11 heteroatoms. The second kappa shape index (κ2) is 10.2. The van der Waals surface area contributed by atoms with Crippen LogP contribution in [0.5, 0.6) is 11.5 Å². The molecule has 0 radical (unpaired) electrons. The van der Waals surface area contributed by atoms with E-state index in [4.69, 9.17) is 9.47 Å². The summed E-state index contributed by atoms with van der Waals surface area (Å²) in [6.07, 6.45) is 0. The van der Waals surface area contributed by atoms with Crippen molar-refractivity contribution in [2.45, 2.75) is 25.7 Å². The number of nitrogens with zero attached hydrogens (tertiary/aromatic N) is 3. The highest BCUT2D eigenvalue weighted by atomic mass is 32.2. The first-order valence-electron chi connectivity index (χ1n) is 9.50. The summed E-state index contributed by atoms with van der Waals surface area (Å²) in [4.78, 5) is 10.8. The largest absolute Gasteiger partial charge is 0.497 e. The van der Waals surface area contributed by atoms with Gasteiger partial charge in [0.25, 0.3) is 5.69 Å². The molecule has 0 aromatic heterocycles. The van der Waals surface area contributed by atoms with Crippen molar-refractivity contribution in [2.75, 3.05) is 32.7 Å². The van der Waals surface area contributed by atoms with E-state index >= 15 is 0 Å². The highest BCUT2D eigenvalue weighted by molar-refractivity contribution is 7.89. The average Bonchev–Trinajstić information content (AvgIpc) is 2.77. The van der Waals surface area contributed by atoms with E-state index in [1.54, 1.807) is 39.0 Å². The standard InChI is InChI=1S/C20H26N4O6S/c1-6-23(7-2)31(27,28)16-9-10-18(19(13-16)24(25)26)22-21-14(3)17-12-15(29-4)8-11-20(17)30-5/h8-13,22H,6-7H2,1-5H3/b21-14+. The van der Waals surface area contributed by atoms with Crippen LogP contribution in [0.4, 0.5) is 11.4 Å². The summed E-state index contributed by atoms with van der Waals surface area (Å²) in [6.45, 7) is 5.64. The van der Waals surface area contributed by atoms with E-state index in [0.717, 1.165) is 6.07 Å². The molecule has 0 saturated heterocycles. The van der Waals surface area contributed by atoms with Gasteiger partial charge in [0.05, 0.1) is 29.8 Å². The molecule has 0 aliphatic heterocycles. The molecule has 0 fully saturated rings. The topological polar surface area (TPSA) is 123 Å². The lowest BCUT2D eigenvalue weighted by Crippen LogP contribution is -2.30. The Morgan fingerprint density at radius 2 is 1.81 bits per heavy atom. The molecule has 0 saturated carbocycles. The van der Waals surface area contributed by atoms with E-state index in [1.165, 1.54) is 30.7 Å². The minimum atomic E-state index is -3.83. The van der Waals surface area contributed by atoms with Crippen LogP contribution >= 0.6 is 0 Å². The van der Waals surface area contributed by atoms with E-state index < -0.39 is 20.6 Å². The summed E-state index contributed by atoms with van der Waals surface area (Å²) in [6, 6.07) is 8.87. The average molecular weight is 451 g/mol. The second-order valence-electron chi connectivity index (χ2n) is 6.40. The molecule has 0 bridgehead atoms. The number of hydrogen-bond donors (Lipinski definition) is 1. The van der Waals surface area contributed by atoms with Gasteiger partial charge in [0.2, 0.25) is 10.0 Å². The predicted octanol–water partition coefficient (Wildman–Crippen LogP) is 3.48. The number of ether oxygens (including phenoxy) is 2. The third-order valence-electron chi connectivity index (χ3n) is 4.65. The van der Waals surface area contributed by atoms with Gasteiger partial charge in [0, 0.05) is 24.7 Å². The number of benzene rings is 2. The van der Waals surface area contributed by atoms with E-state index in [-0.39, 0.29) is 23.7 Å². The van der Waals surface area contributed by atoms with Crippen molar-refractivity contribution in [3.05, 3.63) is 52.1 Å². The Morgan fingerprint density at radius 3 is 2.35 bits per heavy atom. The predicted molar refractivity (Wildman–Crippen MR) is 119 cm³/mol. The number of nitro groups is 1. The SMILES string of the molecule is CCN(CC)S(=O)(=O)c1ccc(N/N=C(\C)c2cc(OC)ccc2OC)c([N+](=O)[O-])c1. The molecular weight excluding hydrogens is 424 g/mol. The third-order valence-corrected chi connectivity index (χ3v) is 6.70. The van der Waals surface area contributed by atoms with Crippen LogP contribution in [0.1, 0.15) is 26.3 Å². The summed E-state index contributed by atoms with van der Waals surface area (Å²) < 4.78 is 37.2. The molecule has 2 rings (SSSR count). The molecule has 0 heterocycles. The van der Waals surface area contributed by atoms with Gasteiger partial charge in [-0.2, -0.15) is 9.41 Å². The number of anilines is 1. The van der Waals surface area contributed by atoms with Crippen LogP contribution in [-0.4, -0.2) is 50.7 Å². The number of nitrogens with one attached hydrogen (secondary N) is 1. The maximum atomic E-state index is 12.7. The van der Waals surface area contributed by atoms with Crippen LogP contribution in [0.3, 0.4) is 0 Å². The Bertz CT molecular complexity index is 1080. The van der Waals surface area contributed by atoms with Gasteiger partial charge in [-0.25, -0.2) is 8.42 Å². The number of rotatable bonds is 10. The molecular formula is C20H26N4O6S. The molecule has 2 aromatic carbocycles. The molecule has 1 N–H and O–H groups in total. The summed E-state index contributed by atoms with van der Waals surface area (Å²) in [5.41, 5.74) is 3.45. The van der Waals surface area contributed by atoms with Gasteiger partial charge in [-0.15, -0.1) is 0 Å². The van der Waals surface area contributed by atoms with E-state index in [9.17, 15) is 18.5 Å². The Kier molecular flexibility index (Phi) is 7.95. The van der Waals surface area contributed by atoms with Crippen molar-refractivity contribution < 1.29 is 22.8 Å². The van der Waals surface area contributed by atoms with Crippen LogP contribution < -0.4 is 14.9 Å². The molecule has 168 valence electrons. The molecule has 0 spiro atoms. The molecule has 31 heavy (non-hydrogen) atoms. The number of methoxy groups -OCH3 is 2. The van der Waals surface area contributed by atoms with Crippen LogP contribution in [0.2, 0.25) is 0 Å². The van der Waals surface area contributed by atoms with Gasteiger partial charge in [0.15, 0.2) is 0 Å². The van der Waals surface area contributed by atoms with E-state index in [0.29, 0.717) is 22.8 Å². The van der Waals surface area contributed by atoms with Crippen LogP contribution in [0, 0.1) is 10.1 Å². The van der Waals surface area contributed by atoms with Gasteiger partial charge in [0.1, 0.15) is 17.2 Å². The molecule has 0 atom stereocenters. The first-order valence-corrected chi connectivity index (χ1v) is 10.9. The fourth-order valence-corrected chi connectivity index (χ4v) is 4.41. The highest BCUT2D eigenvalue weighted by Gasteiger charge is 2.25. The van der Waals surface area contributed by atoms with E-state index in [1.807, 2.05) is 0 Å². The second-order valence-corrected chi connectivity index (χ2v) is 8.34.